The van der Waals surface area contributed by atoms with Gasteiger partial charge in [-0.15, -0.1) is 0 Å². The van der Waals surface area contributed by atoms with Gasteiger partial charge in [0, 0.05) is 17.9 Å². The van der Waals surface area contributed by atoms with Crippen molar-refractivity contribution in [2.75, 3.05) is 5.32 Å². The van der Waals surface area contributed by atoms with Crippen LogP contribution in [0.3, 0.4) is 0 Å². The molecule has 1 heterocycles. The normalized spacial score (nSPS) is 15.5. The van der Waals surface area contributed by atoms with Crippen LogP contribution in [0.2, 0.25) is 0 Å². The van der Waals surface area contributed by atoms with Crippen LogP contribution in [-0.4, -0.2) is 16.9 Å². The van der Waals surface area contributed by atoms with Gasteiger partial charge < -0.3 is 10.6 Å². The van der Waals surface area contributed by atoms with E-state index >= 15 is 0 Å². The molecule has 0 atom stereocenters. The molecule has 1 fully saturated rings. The Balaban J connectivity index is 1.74. The summed E-state index contributed by atoms with van der Waals surface area (Å²) < 4.78 is 13.3. The summed E-state index contributed by atoms with van der Waals surface area (Å²) in [7, 11) is 0. The van der Waals surface area contributed by atoms with E-state index < -0.39 is 0 Å². The first-order valence-corrected chi connectivity index (χ1v) is 8.51. The van der Waals surface area contributed by atoms with Crippen molar-refractivity contribution < 1.29 is 9.18 Å². The van der Waals surface area contributed by atoms with Crippen LogP contribution in [0.5, 0.6) is 0 Å². The van der Waals surface area contributed by atoms with Crippen LogP contribution in [0.4, 0.5) is 15.9 Å². The minimum Gasteiger partial charge on any atom is -0.349 e. The van der Waals surface area contributed by atoms with Gasteiger partial charge in [-0.1, -0.05) is 31.7 Å². The first-order chi connectivity index (χ1) is 11.7. The topological polar surface area (TPSA) is 54.0 Å². The van der Waals surface area contributed by atoms with Crippen molar-refractivity contribution in [3.05, 3.63) is 54.0 Å². The minimum absolute atomic E-state index is 0.131. The van der Waals surface area contributed by atoms with Crippen molar-refractivity contribution in [3.63, 3.8) is 0 Å². The minimum atomic E-state index is -0.333. The number of nitrogens with zero attached hydrogens (tertiary/aromatic N) is 1. The summed E-state index contributed by atoms with van der Waals surface area (Å²) in [5.74, 6) is -0.0245. The van der Waals surface area contributed by atoms with Crippen LogP contribution in [0, 0.1) is 5.82 Å². The average Bonchev–Trinajstić information content (AvgIpc) is 2.84. The molecule has 126 valence electrons. The quantitative estimate of drug-likeness (QED) is 0.818. The van der Waals surface area contributed by atoms with Gasteiger partial charge in [-0.3, -0.25) is 4.79 Å². The molecule has 1 aliphatic carbocycles. The highest BCUT2D eigenvalue weighted by molar-refractivity contribution is 5.99. The van der Waals surface area contributed by atoms with Gasteiger partial charge >= 0.3 is 0 Å². The van der Waals surface area contributed by atoms with Crippen LogP contribution < -0.4 is 10.6 Å². The number of halogens is 1. The number of carbonyl (C=O) groups excluding carboxylic acids is 1. The third kappa shape index (κ3) is 4.31. The number of nitrogens with one attached hydrogen (secondary N) is 2. The molecule has 1 amide bonds. The van der Waals surface area contributed by atoms with E-state index in [1.807, 2.05) is 0 Å². The molecule has 3 rings (SSSR count). The molecule has 0 spiro atoms. The molecule has 1 aromatic carbocycles. The lowest BCUT2D eigenvalue weighted by Crippen LogP contribution is -2.34. The van der Waals surface area contributed by atoms with Crippen LogP contribution in [0.15, 0.2) is 42.6 Å². The number of aromatic nitrogens is 1. The number of hydrogen-bond acceptors (Lipinski definition) is 3. The van der Waals surface area contributed by atoms with E-state index in [9.17, 15) is 9.18 Å². The van der Waals surface area contributed by atoms with Crippen LogP contribution in [0.25, 0.3) is 0 Å². The lowest BCUT2D eigenvalue weighted by atomic mass is 10.1. The average molecular weight is 327 g/mol. The number of carbonyl (C=O) groups is 1. The molecule has 0 bridgehead atoms. The van der Waals surface area contributed by atoms with Gasteiger partial charge in [0.25, 0.3) is 5.91 Å². The van der Waals surface area contributed by atoms with Gasteiger partial charge in [-0.05, 0) is 43.2 Å². The fourth-order valence-electron chi connectivity index (χ4n) is 3.08. The Kier molecular flexibility index (Phi) is 5.41. The summed E-state index contributed by atoms with van der Waals surface area (Å²) in [5.41, 5.74) is 1.04. The summed E-state index contributed by atoms with van der Waals surface area (Å²) in [5, 5.41) is 6.15. The fraction of sp³-hybridized carbons (Fsp3) is 0.368. The number of hydrogen-bond donors (Lipinski definition) is 2. The van der Waals surface area contributed by atoms with Gasteiger partial charge in [-0.2, -0.15) is 0 Å². The molecule has 0 radical (unpaired) electrons. The van der Waals surface area contributed by atoms with Gasteiger partial charge in [0.2, 0.25) is 0 Å². The second kappa shape index (κ2) is 7.90. The summed E-state index contributed by atoms with van der Waals surface area (Å²) >= 11 is 0. The second-order valence-electron chi connectivity index (χ2n) is 6.20. The third-order valence-electron chi connectivity index (χ3n) is 4.33. The zero-order valence-corrected chi connectivity index (χ0v) is 13.6. The zero-order valence-electron chi connectivity index (χ0n) is 13.6. The predicted molar refractivity (Wildman–Crippen MR) is 92.9 cm³/mol. The SMILES string of the molecule is O=C(NC1CCCCCC1)c1cccnc1Nc1cccc(F)c1. The number of amides is 1. The molecular weight excluding hydrogens is 305 g/mol. The van der Waals surface area contributed by atoms with E-state index in [-0.39, 0.29) is 17.8 Å². The number of pyridine rings is 1. The van der Waals surface area contributed by atoms with E-state index in [2.05, 4.69) is 15.6 Å². The Morgan fingerprint density at radius 2 is 1.88 bits per heavy atom. The molecular formula is C19H22FN3O. The van der Waals surface area contributed by atoms with Gasteiger partial charge in [0.05, 0.1) is 5.56 Å². The standard InChI is InChI=1S/C19H22FN3O/c20-14-7-5-10-16(13-14)22-18-17(11-6-12-21-18)19(24)23-15-8-3-1-2-4-9-15/h5-7,10-13,15H,1-4,8-9H2,(H,21,22)(H,23,24). The Labute approximate surface area is 141 Å². The lowest BCUT2D eigenvalue weighted by molar-refractivity contribution is 0.0934. The molecule has 0 unspecified atom stereocenters. The first-order valence-electron chi connectivity index (χ1n) is 8.51. The molecule has 24 heavy (non-hydrogen) atoms. The highest BCUT2D eigenvalue weighted by Crippen LogP contribution is 2.21. The molecule has 0 aliphatic heterocycles. The van der Waals surface area contributed by atoms with Crippen LogP contribution >= 0.6 is 0 Å². The van der Waals surface area contributed by atoms with Gasteiger partial charge in [-0.25, -0.2) is 9.37 Å². The molecule has 2 aromatic rings. The van der Waals surface area contributed by atoms with Crippen LogP contribution in [0.1, 0.15) is 48.9 Å². The molecule has 1 saturated carbocycles. The third-order valence-corrected chi connectivity index (χ3v) is 4.33. The predicted octanol–water partition coefficient (Wildman–Crippen LogP) is 4.42. The van der Waals surface area contributed by atoms with Gasteiger partial charge in [0.1, 0.15) is 11.6 Å². The van der Waals surface area contributed by atoms with Crippen molar-refractivity contribution in [1.29, 1.82) is 0 Å². The lowest BCUT2D eigenvalue weighted by Gasteiger charge is -2.17. The number of anilines is 2. The Hall–Kier alpha value is -2.43. The summed E-state index contributed by atoms with van der Waals surface area (Å²) in [6, 6.07) is 9.81. The maximum atomic E-state index is 13.3. The first kappa shape index (κ1) is 16.4. The molecule has 1 aliphatic rings. The van der Waals surface area contributed by atoms with E-state index in [4.69, 9.17) is 0 Å². The second-order valence-corrected chi connectivity index (χ2v) is 6.20. The van der Waals surface area contributed by atoms with Crippen molar-refractivity contribution >= 4 is 17.4 Å². The van der Waals surface area contributed by atoms with Crippen molar-refractivity contribution in [3.8, 4) is 0 Å². The summed E-state index contributed by atoms with van der Waals surface area (Å²) in [4.78, 5) is 16.9. The Morgan fingerprint density at radius 3 is 2.62 bits per heavy atom. The van der Waals surface area contributed by atoms with Crippen molar-refractivity contribution in [2.45, 2.75) is 44.6 Å². The fourth-order valence-corrected chi connectivity index (χ4v) is 3.08. The number of benzene rings is 1. The van der Waals surface area contributed by atoms with Crippen molar-refractivity contribution in [2.24, 2.45) is 0 Å². The molecule has 2 N–H and O–H groups in total. The molecule has 5 heteroatoms. The smallest absolute Gasteiger partial charge is 0.255 e. The molecule has 0 saturated heterocycles. The van der Waals surface area contributed by atoms with E-state index in [0.29, 0.717) is 17.1 Å². The maximum absolute atomic E-state index is 13.3. The maximum Gasteiger partial charge on any atom is 0.255 e. The van der Waals surface area contributed by atoms with E-state index in [0.717, 1.165) is 25.7 Å². The highest BCUT2D eigenvalue weighted by atomic mass is 19.1. The van der Waals surface area contributed by atoms with Crippen molar-refractivity contribution in [1.82, 2.24) is 10.3 Å². The Morgan fingerprint density at radius 1 is 1.08 bits per heavy atom. The monoisotopic (exact) mass is 327 g/mol. The highest BCUT2D eigenvalue weighted by Gasteiger charge is 2.18. The number of rotatable bonds is 4. The Bertz CT molecular complexity index is 697. The van der Waals surface area contributed by atoms with Crippen LogP contribution in [-0.2, 0) is 0 Å². The zero-order chi connectivity index (χ0) is 16.8. The van der Waals surface area contributed by atoms with E-state index in [1.165, 1.54) is 25.0 Å². The molecule has 4 nitrogen and oxygen atoms in total. The van der Waals surface area contributed by atoms with E-state index in [1.54, 1.807) is 30.5 Å². The van der Waals surface area contributed by atoms with Gasteiger partial charge in [0.15, 0.2) is 0 Å². The largest absolute Gasteiger partial charge is 0.349 e. The molecule has 1 aromatic heterocycles. The summed E-state index contributed by atoms with van der Waals surface area (Å²) in [6.07, 6.45) is 8.47. The summed E-state index contributed by atoms with van der Waals surface area (Å²) in [6.45, 7) is 0.